The molecular weight excluding hydrogens is 260 g/mol. The third-order valence-electron chi connectivity index (χ3n) is 7.20. The number of rotatable bonds is 0. The van der Waals surface area contributed by atoms with Crippen LogP contribution >= 0.6 is 0 Å². The molecule has 0 spiro atoms. The van der Waals surface area contributed by atoms with Crippen molar-refractivity contribution in [1.29, 1.82) is 0 Å². The van der Waals surface area contributed by atoms with Gasteiger partial charge in [0, 0.05) is 12.3 Å². The summed E-state index contributed by atoms with van der Waals surface area (Å²) in [6, 6.07) is 0. The van der Waals surface area contributed by atoms with Crippen LogP contribution < -0.4 is 0 Å². The minimum absolute atomic E-state index is 0.0217. The average Bonchev–Trinajstić information content (AvgIpc) is 2.55. The van der Waals surface area contributed by atoms with Crippen LogP contribution in [0.4, 0.5) is 0 Å². The number of ketones is 1. The number of Topliss-reactive ketones (excluding diaryl/α,β-unsaturated/α-hetero) is 1. The van der Waals surface area contributed by atoms with Crippen molar-refractivity contribution in [1.82, 2.24) is 0 Å². The van der Waals surface area contributed by atoms with E-state index in [1.54, 1.807) is 0 Å². The first kappa shape index (κ1) is 15.3. The summed E-state index contributed by atoms with van der Waals surface area (Å²) in [4.78, 5) is 12.6. The second-order valence-corrected chi connectivity index (χ2v) is 8.65. The third-order valence-corrected chi connectivity index (χ3v) is 7.20. The summed E-state index contributed by atoms with van der Waals surface area (Å²) in [5, 5.41) is 10.5. The molecule has 3 aliphatic carbocycles. The second-order valence-electron chi connectivity index (χ2n) is 8.65. The Labute approximate surface area is 129 Å². The lowest BCUT2D eigenvalue weighted by Crippen LogP contribution is -2.56. The predicted octanol–water partition coefficient (Wildman–Crippen LogP) is 4.13. The van der Waals surface area contributed by atoms with Gasteiger partial charge in [0.25, 0.3) is 0 Å². The van der Waals surface area contributed by atoms with Crippen LogP contribution in [0.15, 0.2) is 11.6 Å². The van der Waals surface area contributed by atoms with Gasteiger partial charge in [0.05, 0.1) is 6.10 Å². The minimum atomic E-state index is -0.189. The van der Waals surface area contributed by atoms with E-state index in [-0.39, 0.29) is 22.9 Å². The summed E-state index contributed by atoms with van der Waals surface area (Å²) < 4.78 is 0. The van der Waals surface area contributed by atoms with E-state index in [0.29, 0.717) is 24.0 Å². The summed E-state index contributed by atoms with van der Waals surface area (Å²) in [5.74, 6) is 1.74. The molecule has 0 saturated heterocycles. The largest absolute Gasteiger partial charge is 0.393 e. The summed E-state index contributed by atoms with van der Waals surface area (Å²) in [5.41, 5.74) is 1.44. The molecule has 3 aliphatic rings. The van der Waals surface area contributed by atoms with E-state index in [4.69, 9.17) is 0 Å². The average molecular weight is 290 g/mol. The number of allylic oxidation sites excluding steroid dienone is 2. The quantitative estimate of drug-likeness (QED) is 0.681. The van der Waals surface area contributed by atoms with Crippen LogP contribution in [-0.2, 0) is 4.79 Å². The molecule has 118 valence electrons. The van der Waals surface area contributed by atoms with Crippen LogP contribution in [0.25, 0.3) is 0 Å². The summed E-state index contributed by atoms with van der Waals surface area (Å²) in [7, 11) is 0. The number of aliphatic hydroxyl groups is 1. The summed E-state index contributed by atoms with van der Waals surface area (Å²) >= 11 is 0. The Kier molecular flexibility index (Phi) is 3.59. The molecule has 1 N–H and O–H groups in total. The van der Waals surface area contributed by atoms with Crippen molar-refractivity contribution < 1.29 is 9.90 Å². The molecule has 0 bridgehead atoms. The Hall–Kier alpha value is -0.630. The highest BCUT2D eigenvalue weighted by atomic mass is 16.3. The van der Waals surface area contributed by atoms with Gasteiger partial charge < -0.3 is 5.11 Å². The number of fused-ring (bicyclic) bond motifs is 3. The predicted molar refractivity (Wildman–Crippen MR) is 84.8 cm³/mol. The number of hydrogen-bond donors (Lipinski definition) is 1. The van der Waals surface area contributed by atoms with Gasteiger partial charge in [-0.3, -0.25) is 4.79 Å². The van der Waals surface area contributed by atoms with Gasteiger partial charge in [0.2, 0.25) is 0 Å². The molecule has 2 heteroatoms. The molecule has 0 aromatic carbocycles. The normalized spacial score (nSPS) is 46.1. The zero-order chi connectivity index (χ0) is 15.4. The van der Waals surface area contributed by atoms with Crippen molar-refractivity contribution in [2.24, 2.45) is 28.6 Å². The Balaban J connectivity index is 1.98. The Morgan fingerprint density at radius 1 is 1.19 bits per heavy atom. The van der Waals surface area contributed by atoms with Gasteiger partial charge in [-0.2, -0.15) is 0 Å². The molecule has 2 saturated carbocycles. The molecule has 0 aromatic heterocycles. The first-order valence-corrected chi connectivity index (χ1v) is 8.63. The molecule has 5 unspecified atom stereocenters. The van der Waals surface area contributed by atoms with Crippen LogP contribution in [0.3, 0.4) is 0 Å². The number of hydrogen-bond acceptors (Lipinski definition) is 2. The van der Waals surface area contributed by atoms with Crippen molar-refractivity contribution >= 4 is 5.78 Å². The Morgan fingerprint density at radius 2 is 1.90 bits per heavy atom. The van der Waals surface area contributed by atoms with Crippen molar-refractivity contribution in [3.8, 4) is 0 Å². The molecule has 0 amide bonds. The van der Waals surface area contributed by atoms with E-state index >= 15 is 0 Å². The van der Waals surface area contributed by atoms with E-state index < -0.39 is 0 Å². The van der Waals surface area contributed by atoms with E-state index in [1.807, 2.05) is 0 Å². The zero-order valence-electron chi connectivity index (χ0n) is 14.0. The molecular formula is C19H30O2. The van der Waals surface area contributed by atoms with Crippen LogP contribution in [0.1, 0.15) is 66.2 Å². The van der Waals surface area contributed by atoms with Crippen molar-refractivity contribution in [3.63, 3.8) is 0 Å². The van der Waals surface area contributed by atoms with Gasteiger partial charge in [0.1, 0.15) is 5.78 Å². The molecule has 0 heterocycles. The number of aliphatic hydroxyl groups excluding tert-OH is 1. The van der Waals surface area contributed by atoms with Gasteiger partial charge in [-0.25, -0.2) is 0 Å². The maximum Gasteiger partial charge on any atom is 0.140 e. The maximum atomic E-state index is 12.6. The van der Waals surface area contributed by atoms with Gasteiger partial charge in [-0.1, -0.05) is 32.4 Å². The fraction of sp³-hybridized carbons (Fsp3) is 0.842. The molecule has 0 aliphatic heterocycles. The zero-order valence-corrected chi connectivity index (χ0v) is 14.0. The van der Waals surface area contributed by atoms with Crippen LogP contribution in [0.2, 0.25) is 0 Å². The minimum Gasteiger partial charge on any atom is -0.393 e. The van der Waals surface area contributed by atoms with E-state index in [0.717, 1.165) is 32.1 Å². The highest BCUT2D eigenvalue weighted by Crippen LogP contribution is 2.62. The van der Waals surface area contributed by atoms with Crippen molar-refractivity contribution in [3.05, 3.63) is 11.6 Å². The molecule has 0 radical (unpaired) electrons. The first-order chi connectivity index (χ1) is 9.76. The highest BCUT2D eigenvalue weighted by Gasteiger charge is 2.58. The third kappa shape index (κ3) is 2.21. The van der Waals surface area contributed by atoms with E-state index in [9.17, 15) is 9.90 Å². The summed E-state index contributed by atoms with van der Waals surface area (Å²) in [6.07, 6.45) is 7.94. The molecule has 0 aromatic rings. The number of carbonyl (C=O) groups excluding carboxylic acids is 1. The molecule has 2 fully saturated rings. The molecule has 2 nitrogen and oxygen atoms in total. The smallest absolute Gasteiger partial charge is 0.140 e. The van der Waals surface area contributed by atoms with Gasteiger partial charge >= 0.3 is 0 Å². The van der Waals surface area contributed by atoms with Gasteiger partial charge in [-0.05, 0) is 61.7 Å². The van der Waals surface area contributed by atoms with Gasteiger partial charge in [0.15, 0.2) is 0 Å². The Bertz CT molecular complexity index is 476. The lowest BCUT2D eigenvalue weighted by atomic mass is 9.45. The molecule has 5 atom stereocenters. The van der Waals surface area contributed by atoms with E-state index in [2.05, 4.69) is 33.8 Å². The van der Waals surface area contributed by atoms with Crippen LogP contribution in [0.5, 0.6) is 0 Å². The summed E-state index contributed by atoms with van der Waals surface area (Å²) in [6.45, 7) is 8.98. The lowest BCUT2D eigenvalue weighted by Gasteiger charge is -2.60. The maximum absolute atomic E-state index is 12.6. The van der Waals surface area contributed by atoms with Crippen LogP contribution in [0, 0.1) is 28.6 Å². The van der Waals surface area contributed by atoms with Crippen LogP contribution in [-0.4, -0.2) is 17.0 Å². The van der Waals surface area contributed by atoms with E-state index in [1.165, 1.54) is 5.57 Å². The fourth-order valence-electron chi connectivity index (χ4n) is 5.85. The standard InChI is InChI=1S/C19H30O2/c1-12-5-7-14-13(15(20)11-12)6-8-16-18(2,3)17(21)9-10-19(14,16)4/h5,13-14,16-17,21H,6-11H2,1-4H3. The van der Waals surface area contributed by atoms with Gasteiger partial charge in [-0.15, -0.1) is 0 Å². The molecule has 21 heavy (non-hydrogen) atoms. The van der Waals surface area contributed by atoms with Crippen molar-refractivity contribution in [2.45, 2.75) is 72.3 Å². The SMILES string of the molecule is CC1=CCC2C(CCC3C(C)(C)C(O)CCC23C)C(=O)C1. The Morgan fingerprint density at radius 3 is 2.62 bits per heavy atom. The lowest BCUT2D eigenvalue weighted by molar-refractivity contribution is -0.158. The number of carbonyl (C=O) groups is 1. The second kappa shape index (κ2) is 4.94. The first-order valence-electron chi connectivity index (χ1n) is 8.63. The van der Waals surface area contributed by atoms with Crippen molar-refractivity contribution in [2.75, 3.05) is 0 Å². The topological polar surface area (TPSA) is 37.3 Å². The highest BCUT2D eigenvalue weighted by molar-refractivity contribution is 5.84. The fourth-order valence-corrected chi connectivity index (χ4v) is 5.85. The monoisotopic (exact) mass is 290 g/mol. The molecule has 3 rings (SSSR count).